The Hall–Kier alpha value is -2.15. The monoisotopic (exact) mass is 365 g/mol. The number of carbonyl (C=O) groups is 1. The van der Waals surface area contributed by atoms with Crippen molar-refractivity contribution in [1.29, 1.82) is 0 Å². The molecule has 0 aliphatic rings. The molecule has 3 rings (SSSR count). The van der Waals surface area contributed by atoms with E-state index in [4.69, 9.17) is 28.3 Å². The van der Waals surface area contributed by atoms with Crippen molar-refractivity contribution in [2.24, 2.45) is 0 Å². The molecule has 0 saturated carbocycles. The minimum absolute atomic E-state index is 0.0174. The third-order valence-electron chi connectivity index (χ3n) is 3.77. The number of halogens is 2. The Bertz CT molecular complexity index is 969. The lowest BCUT2D eigenvalue weighted by molar-refractivity contribution is -0.147. The minimum atomic E-state index is -1.77. The molecular weight excluding hydrogens is 353 g/mol. The van der Waals surface area contributed by atoms with Gasteiger partial charge in [0.15, 0.2) is 11.8 Å². The molecule has 2 N–H and O–H groups in total. The van der Waals surface area contributed by atoms with Crippen molar-refractivity contribution in [1.82, 2.24) is 14.6 Å². The van der Waals surface area contributed by atoms with Gasteiger partial charge in [0.25, 0.3) is 0 Å². The molecule has 0 aliphatic heterocycles. The summed E-state index contributed by atoms with van der Waals surface area (Å²) in [6.07, 6.45) is -1.77. The Morgan fingerprint density at radius 2 is 2.00 bits per heavy atom. The Kier molecular flexibility index (Phi) is 4.21. The second-order valence-corrected chi connectivity index (χ2v) is 6.16. The second-order valence-electron chi connectivity index (χ2n) is 5.36. The van der Waals surface area contributed by atoms with Crippen LogP contribution in [0.15, 0.2) is 24.3 Å². The average molecular weight is 366 g/mol. The van der Waals surface area contributed by atoms with E-state index in [1.165, 1.54) is 4.52 Å². The maximum atomic E-state index is 11.1. The van der Waals surface area contributed by atoms with Crippen molar-refractivity contribution >= 4 is 34.8 Å². The number of rotatable bonds is 3. The van der Waals surface area contributed by atoms with Crippen LogP contribution in [0.4, 0.5) is 0 Å². The summed E-state index contributed by atoms with van der Waals surface area (Å²) in [5.41, 5.74) is 3.06. The summed E-state index contributed by atoms with van der Waals surface area (Å²) in [7, 11) is 0. The Morgan fingerprint density at radius 1 is 1.29 bits per heavy atom. The van der Waals surface area contributed by atoms with Crippen LogP contribution < -0.4 is 0 Å². The van der Waals surface area contributed by atoms with Crippen molar-refractivity contribution in [3.63, 3.8) is 0 Å². The molecule has 2 heterocycles. The zero-order valence-corrected chi connectivity index (χ0v) is 14.3. The van der Waals surface area contributed by atoms with Crippen LogP contribution in [0.3, 0.4) is 0 Å². The summed E-state index contributed by atoms with van der Waals surface area (Å²) in [5.74, 6) is -1.40. The van der Waals surface area contributed by atoms with Gasteiger partial charge in [-0.1, -0.05) is 35.3 Å². The van der Waals surface area contributed by atoms with Gasteiger partial charge in [-0.3, -0.25) is 0 Å². The molecule has 0 amide bonds. The number of aromatic nitrogens is 3. The van der Waals surface area contributed by atoms with Gasteiger partial charge in [-0.2, -0.15) is 5.10 Å². The van der Waals surface area contributed by atoms with Gasteiger partial charge in [0.05, 0.1) is 11.3 Å². The maximum absolute atomic E-state index is 11.1. The van der Waals surface area contributed by atoms with Crippen LogP contribution in [-0.2, 0) is 4.79 Å². The summed E-state index contributed by atoms with van der Waals surface area (Å²) in [4.78, 5) is 15.5. The van der Waals surface area contributed by atoms with Gasteiger partial charge in [-0.15, -0.1) is 0 Å². The summed E-state index contributed by atoms with van der Waals surface area (Å²) in [6.45, 7) is 3.44. The molecule has 0 saturated heterocycles. The minimum Gasteiger partial charge on any atom is -0.479 e. The molecule has 1 unspecified atom stereocenters. The van der Waals surface area contributed by atoms with E-state index in [-0.39, 0.29) is 10.7 Å². The largest absolute Gasteiger partial charge is 0.479 e. The number of hydrogen-bond acceptors (Lipinski definition) is 4. The van der Waals surface area contributed by atoms with Gasteiger partial charge < -0.3 is 10.2 Å². The lowest BCUT2D eigenvalue weighted by atomic mass is 10.1. The molecule has 2 aromatic heterocycles. The van der Waals surface area contributed by atoms with Crippen molar-refractivity contribution in [3.8, 4) is 11.3 Å². The highest BCUT2D eigenvalue weighted by atomic mass is 35.5. The van der Waals surface area contributed by atoms with Gasteiger partial charge in [-0.05, 0) is 26.0 Å². The van der Waals surface area contributed by atoms with Gasteiger partial charge in [0.1, 0.15) is 5.15 Å². The van der Waals surface area contributed by atoms with E-state index in [0.29, 0.717) is 22.1 Å². The third-order valence-corrected chi connectivity index (χ3v) is 4.37. The summed E-state index contributed by atoms with van der Waals surface area (Å²) in [5, 5.41) is 23.9. The predicted octanol–water partition coefficient (Wildman–Crippen LogP) is 3.44. The Balaban J connectivity index is 2.29. The molecule has 0 radical (unpaired) electrons. The van der Waals surface area contributed by atoms with Crippen LogP contribution in [0.2, 0.25) is 10.2 Å². The van der Waals surface area contributed by atoms with E-state index in [9.17, 15) is 9.90 Å². The van der Waals surface area contributed by atoms with E-state index in [1.54, 1.807) is 25.1 Å². The first kappa shape index (κ1) is 16.7. The van der Waals surface area contributed by atoms with E-state index in [1.807, 2.05) is 13.0 Å². The highest BCUT2D eigenvalue weighted by Gasteiger charge is 2.26. The van der Waals surface area contributed by atoms with E-state index in [0.717, 1.165) is 11.1 Å². The van der Waals surface area contributed by atoms with E-state index < -0.39 is 12.1 Å². The number of aliphatic hydroxyl groups excluding tert-OH is 1. The lowest BCUT2D eigenvalue weighted by Gasteiger charge is -2.12. The first-order chi connectivity index (χ1) is 11.3. The zero-order valence-electron chi connectivity index (χ0n) is 12.8. The average Bonchev–Trinajstić information content (AvgIpc) is 2.84. The van der Waals surface area contributed by atoms with E-state index >= 15 is 0 Å². The Labute approximate surface area is 147 Å². The standard InChI is InChI=1S/C16H13Cl2N3O3/c1-7-12(9-4-3-5-10(17)6-9)20-21-14(18)11(13(22)16(23)24)8(2)19-15(7)21/h3-6,13,22H,1-2H3,(H,23,24). The molecule has 1 aromatic carbocycles. The lowest BCUT2D eigenvalue weighted by Crippen LogP contribution is -2.15. The zero-order chi connectivity index (χ0) is 17.6. The topological polar surface area (TPSA) is 87.7 Å². The number of aryl methyl sites for hydroxylation is 2. The van der Waals surface area contributed by atoms with Gasteiger partial charge >= 0.3 is 5.97 Å². The SMILES string of the molecule is Cc1nc2c(C)c(-c3cccc(Cl)c3)nn2c(Cl)c1C(O)C(=O)O. The first-order valence-corrected chi connectivity index (χ1v) is 7.79. The summed E-state index contributed by atoms with van der Waals surface area (Å²) in [6, 6.07) is 7.19. The molecule has 3 aromatic rings. The maximum Gasteiger partial charge on any atom is 0.337 e. The molecule has 124 valence electrons. The number of fused-ring (bicyclic) bond motifs is 1. The summed E-state index contributed by atoms with van der Waals surface area (Å²) < 4.78 is 1.33. The number of nitrogens with zero attached hydrogens (tertiary/aromatic N) is 3. The number of carboxylic acids is 1. The third kappa shape index (κ3) is 2.62. The highest BCUT2D eigenvalue weighted by Crippen LogP contribution is 2.32. The van der Waals surface area contributed by atoms with Crippen LogP contribution in [0.5, 0.6) is 0 Å². The number of aliphatic carboxylic acids is 1. The Morgan fingerprint density at radius 3 is 2.62 bits per heavy atom. The van der Waals surface area contributed by atoms with Crippen LogP contribution in [0.1, 0.15) is 22.9 Å². The van der Waals surface area contributed by atoms with Gasteiger partial charge in [-0.25, -0.2) is 14.3 Å². The van der Waals surface area contributed by atoms with E-state index in [2.05, 4.69) is 10.1 Å². The van der Waals surface area contributed by atoms with Crippen molar-refractivity contribution in [2.45, 2.75) is 20.0 Å². The van der Waals surface area contributed by atoms with Crippen molar-refractivity contribution in [2.75, 3.05) is 0 Å². The number of carboxylic acid groups (broad SMARTS) is 1. The molecule has 6 nitrogen and oxygen atoms in total. The number of benzene rings is 1. The molecule has 0 aliphatic carbocycles. The molecule has 1 atom stereocenters. The summed E-state index contributed by atoms with van der Waals surface area (Å²) >= 11 is 12.3. The molecular formula is C16H13Cl2N3O3. The molecule has 8 heteroatoms. The second kappa shape index (κ2) is 6.05. The highest BCUT2D eigenvalue weighted by molar-refractivity contribution is 6.31. The van der Waals surface area contributed by atoms with Crippen LogP contribution in [0.25, 0.3) is 16.9 Å². The van der Waals surface area contributed by atoms with Crippen LogP contribution in [-0.4, -0.2) is 30.8 Å². The predicted molar refractivity (Wildman–Crippen MR) is 90.5 cm³/mol. The number of hydrogen-bond donors (Lipinski definition) is 2. The molecule has 0 bridgehead atoms. The quantitative estimate of drug-likeness (QED) is 0.694. The van der Waals surface area contributed by atoms with Gasteiger partial charge in [0, 0.05) is 21.8 Å². The molecule has 0 fully saturated rings. The normalized spacial score (nSPS) is 12.5. The number of aliphatic hydroxyl groups is 1. The fourth-order valence-electron chi connectivity index (χ4n) is 2.58. The molecule has 0 spiro atoms. The van der Waals surface area contributed by atoms with Crippen molar-refractivity contribution in [3.05, 3.63) is 51.3 Å². The fourth-order valence-corrected chi connectivity index (χ4v) is 3.13. The van der Waals surface area contributed by atoms with Gasteiger partial charge in [0.2, 0.25) is 0 Å². The molecule has 24 heavy (non-hydrogen) atoms. The van der Waals surface area contributed by atoms with Crippen molar-refractivity contribution < 1.29 is 15.0 Å². The smallest absolute Gasteiger partial charge is 0.337 e. The van der Waals surface area contributed by atoms with Crippen LogP contribution >= 0.6 is 23.2 Å². The first-order valence-electron chi connectivity index (χ1n) is 7.03. The fraction of sp³-hybridized carbons (Fsp3) is 0.188. The van der Waals surface area contributed by atoms with Crippen LogP contribution in [0, 0.1) is 13.8 Å².